The van der Waals surface area contributed by atoms with Crippen molar-refractivity contribution in [3.63, 3.8) is 0 Å². The van der Waals surface area contributed by atoms with Gasteiger partial charge in [0.1, 0.15) is 11.6 Å². The highest BCUT2D eigenvalue weighted by atomic mass is 35.5. The molecule has 2 amide bonds. The molecule has 29 heavy (non-hydrogen) atoms. The Morgan fingerprint density at radius 2 is 1.76 bits per heavy atom. The van der Waals surface area contributed by atoms with Gasteiger partial charge in [-0.2, -0.15) is 0 Å². The van der Waals surface area contributed by atoms with E-state index in [1.54, 1.807) is 0 Å². The molecule has 1 aromatic heterocycles. The van der Waals surface area contributed by atoms with Crippen LogP contribution in [0.4, 0.5) is 0 Å². The van der Waals surface area contributed by atoms with Crippen LogP contribution in [0.25, 0.3) is 0 Å². The van der Waals surface area contributed by atoms with Crippen LogP contribution in [0, 0.1) is 0 Å². The molecule has 0 aliphatic carbocycles. The van der Waals surface area contributed by atoms with E-state index in [0.29, 0.717) is 18.8 Å². The molecule has 0 atom stereocenters. The lowest BCUT2D eigenvalue weighted by molar-refractivity contribution is -0.137. The zero-order valence-corrected chi connectivity index (χ0v) is 18.5. The lowest BCUT2D eigenvalue weighted by atomic mass is 9.95. The highest BCUT2D eigenvalue weighted by Crippen LogP contribution is 2.28. The number of nitrogens with zero attached hydrogens (tertiary/aromatic N) is 5. The van der Waals surface area contributed by atoms with Crippen molar-refractivity contribution in [3.05, 3.63) is 11.6 Å². The van der Waals surface area contributed by atoms with Gasteiger partial charge in [-0.3, -0.25) is 9.59 Å². The maximum absolute atomic E-state index is 12.6. The lowest BCUT2D eigenvalue weighted by Crippen LogP contribution is -2.39. The normalized spacial score (nSPS) is 16.8. The summed E-state index contributed by atoms with van der Waals surface area (Å²) in [6.07, 6.45) is 4.39. The van der Waals surface area contributed by atoms with Crippen molar-refractivity contribution >= 4 is 24.2 Å². The van der Waals surface area contributed by atoms with E-state index in [0.717, 1.165) is 83.1 Å². The Bertz CT molecular complexity index is 666. The second-order valence-corrected chi connectivity index (χ2v) is 7.84. The number of carbonyl (C=O) groups excluding carboxylic acids is 2. The largest absolute Gasteiger partial charge is 0.343 e. The summed E-state index contributed by atoms with van der Waals surface area (Å²) in [4.78, 5) is 28.8. The van der Waals surface area contributed by atoms with Gasteiger partial charge in [0, 0.05) is 58.0 Å². The van der Waals surface area contributed by atoms with Crippen molar-refractivity contribution in [1.29, 1.82) is 0 Å². The van der Waals surface area contributed by atoms with E-state index in [2.05, 4.69) is 33.9 Å². The second-order valence-electron chi connectivity index (χ2n) is 7.84. The number of hydrogen-bond acceptors (Lipinski definition) is 5. The number of nitrogens with one attached hydrogen (secondary N) is 1. The first kappa shape index (κ1) is 23.6. The predicted molar refractivity (Wildman–Crippen MR) is 114 cm³/mol. The maximum Gasteiger partial charge on any atom is 0.223 e. The molecule has 164 valence electrons. The molecule has 0 aromatic carbocycles. The molecule has 1 saturated heterocycles. The van der Waals surface area contributed by atoms with Crippen LogP contribution in [0.15, 0.2) is 0 Å². The Morgan fingerprint density at radius 3 is 2.41 bits per heavy atom. The smallest absolute Gasteiger partial charge is 0.223 e. The van der Waals surface area contributed by atoms with Crippen LogP contribution in [0.1, 0.15) is 69.9 Å². The standard InChI is InChI=1S/C20H34N6O2.ClH/c1-3-10-24(11-4-2)18(27)5-6-19(28)25-12-7-16(8-13-25)20-23-22-17-15-21-9-14-26(17)20;/h16,21H,3-15H2,1-2H3;1H. The minimum atomic E-state index is 0. The number of carbonyl (C=O) groups is 2. The number of fused-ring (bicyclic) bond motifs is 1. The Hall–Kier alpha value is -1.67. The fourth-order valence-corrected chi connectivity index (χ4v) is 4.23. The lowest BCUT2D eigenvalue weighted by Gasteiger charge is -2.32. The van der Waals surface area contributed by atoms with E-state index < -0.39 is 0 Å². The first-order valence-corrected chi connectivity index (χ1v) is 10.8. The van der Waals surface area contributed by atoms with E-state index in [-0.39, 0.29) is 24.2 Å². The number of hydrogen-bond donors (Lipinski definition) is 1. The molecular formula is C20H35ClN6O2. The summed E-state index contributed by atoms with van der Waals surface area (Å²) >= 11 is 0. The summed E-state index contributed by atoms with van der Waals surface area (Å²) < 4.78 is 2.24. The van der Waals surface area contributed by atoms with Gasteiger partial charge in [0.2, 0.25) is 11.8 Å². The molecule has 0 saturated carbocycles. The molecule has 2 aliphatic rings. The van der Waals surface area contributed by atoms with Crippen molar-refractivity contribution in [2.45, 2.75) is 71.4 Å². The Labute approximate surface area is 179 Å². The molecule has 8 nitrogen and oxygen atoms in total. The van der Waals surface area contributed by atoms with E-state index in [9.17, 15) is 9.59 Å². The zero-order valence-electron chi connectivity index (χ0n) is 17.7. The first-order chi connectivity index (χ1) is 13.6. The van der Waals surface area contributed by atoms with Gasteiger partial charge in [-0.05, 0) is 25.7 Å². The third-order valence-electron chi connectivity index (χ3n) is 5.76. The average molecular weight is 427 g/mol. The Morgan fingerprint density at radius 1 is 1.07 bits per heavy atom. The monoisotopic (exact) mass is 426 g/mol. The quantitative estimate of drug-likeness (QED) is 0.686. The van der Waals surface area contributed by atoms with Gasteiger partial charge in [0.05, 0.1) is 6.54 Å². The van der Waals surface area contributed by atoms with Crippen molar-refractivity contribution in [3.8, 4) is 0 Å². The Kier molecular flexibility index (Phi) is 9.36. The number of likely N-dealkylation sites (tertiary alicyclic amines) is 1. The van der Waals surface area contributed by atoms with Crippen molar-refractivity contribution < 1.29 is 9.59 Å². The number of aromatic nitrogens is 3. The van der Waals surface area contributed by atoms with Gasteiger partial charge < -0.3 is 19.7 Å². The molecule has 0 unspecified atom stereocenters. The number of amides is 2. The van der Waals surface area contributed by atoms with Gasteiger partial charge in [-0.1, -0.05) is 13.8 Å². The predicted octanol–water partition coefficient (Wildman–Crippen LogP) is 1.94. The molecule has 2 aliphatic heterocycles. The SMILES string of the molecule is CCCN(CCC)C(=O)CCC(=O)N1CCC(c2nnc3n2CCNC3)CC1.Cl. The van der Waals surface area contributed by atoms with Gasteiger partial charge in [-0.25, -0.2) is 0 Å². The zero-order chi connectivity index (χ0) is 19.9. The van der Waals surface area contributed by atoms with Crippen molar-refractivity contribution in [1.82, 2.24) is 29.9 Å². The second kappa shape index (κ2) is 11.5. The van der Waals surface area contributed by atoms with Gasteiger partial charge in [0.25, 0.3) is 0 Å². The molecule has 1 fully saturated rings. The summed E-state index contributed by atoms with van der Waals surface area (Å²) in [5.74, 6) is 2.67. The molecular weight excluding hydrogens is 392 g/mol. The summed E-state index contributed by atoms with van der Waals surface area (Å²) in [6, 6.07) is 0. The first-order valence-electron chi connectivity index (χ1n) is 10.8. The molecule has 0 spiro atoms. The summed E-state index contributed by atoms with van der Waals surface area (Å²) in [5, 5.41) is 12.1. The summed E-state index contributed by atoms with van der Waals surface area (Å²) in [7, 11) is 0. The van der Waals surface area contributed by atoms with E-state index in [4.69, 9.17) is 0 Å². The minimum Gasteiger partial charge on any atom is -0.343 e. The van der Waals surface area contributed by atoms with Crippen LogP contribution in [0.2, 0.25) is 0 Å². The number of rotatable bonds is 8. The van der Waals surface area contributed by atoms with Crippen LogP contribution in [0.3, 0.4) is 0 Å². The van der Waals surface area contributed by atoms with Crippen LogP contribution < -0.4 is 5.32 Å². The average Bonchev–Trinajstić information content (AvgIpc) is 3.16. The topological polar surface area (TPSA) is 83.4 Å². The fraction of sp³-hybridized carbons (Fsp3) is 0.800. The van der Waals surface area contributed by atoms with Gasteiger partial charge >= 0.3 is 0 Å². The molecule has 1 N–H and O–H groups in total. The van der Waals surface area contributed by atoms with Crippen LogP contribution in [0.5, 0.6) is 0 Å². The van der Waals surface area contributed by atoms with E-state index >= 15 is 0 Å². The molecule has 1 aromatic rings. The number of piperidine rings is 1. The molecule has 9 heteroatoms. The molecule has 0 radical (unpaired) electrons. The van der Waals surface area contributed by atoms with Crippen LogP contribution >= 0.6 is 12.4 Å². The molecule has 0 bridgehead atoms. The third kappa shape index (κ3) is 5.92. The van der Waals surface area contributed by atoms with E-state index in [1.165, 1.54) is 0 Å². The highest BCUT2D eigenvalue weighted by Gasteiger charge is 2.29. The fourth-order valence-electron chi connectivity index (χ4n) is 4.23. The molecule has 3 rings (SSSR count). The minimum absolute atomic E-state index is 0. The number of halogens is 1. The van der Waals surface area contributed by atoms with Crippen molar-refractivity contribution in [2.24, 2.45) is 0 Å². The van der Waals surface area contributed by atoms with Crippen LogP contribution in [-0.2, 0) is 22.7 Å². The highest BCUT2D eigenvalue weighted by molar-refractivity contribution is 5.85. The maximum atomic E-state index is 12.6. The van der Waals surface area contributed by atoms with Crippen LogP contribution in [-0.4, -0.2) is 69.1 Å². The third-order valence-corrected chi connectivity index (χ3v) is 5.76. The molecule has 3 heterocycles. The van der Waals surface area contributed by atoms with Crippen molar-refractivity contribution in [2.75, 3.05) is 32.7 Å². The summed E-state index contributed by atoms with van der Waals surface area (Å²) in [5.41, 5.74) is 0. The van der Waals surface area contributed by atoms with E-state index in [1.807, 2.05) is 9.80 Å². The summed E-state index contributed by atoms with van der Waals surface area (Å²) in [6.45, 7) is 9.86. The van der Waals surface area contributed by atoms with Gasteiger partial charge in [-0.15, -0.1) is 22.6 Å². The van der Waals surface area contributed by atoms with Gasteiger partial charge in [0.15, 0.2) is 0 Å². The Balaban J connectivity index is 0.00000300.